The minimum atomic E-state index is -1.57. The summed E-state index contributed by atoms with van der Waals surface area (Å²) >= 11 is 0. The third-order valence-electron chi connectivity index (χ3n) is 3.30. The summed E-state index contributed by atoms with van der Waals surface area (Å²) in [6.45, 7) is 3.71. The van der Waals surface area contributed by atoms with Crippen LogP contribution in [-0.4, -0.2) is 23.0 Å². The lowest BCUT2D eigenvalue weighted by atomic mass is 9.71. The van der Waals surface area contributed by atoms with Crippen molar-refractivity contribution in [3.63, 3.8) is 0 Å². The molecule has 0 aromatic heterocycles. The second-order valence-electron chi connectivity index (χ2n) is 4.44. The Morgan fingerprint density at radius 1 is 1.29 bits per heavy atom. The topological polar surface area (TPSA) is 109 Å². The van der Waals surface area contributed by atoms with Crippen molar-refractivity contribution in [3.8, 4) is 0 Å². The molecule has 0 fully saturated rings. The molecule has 6 heteroatoms. The number of nitrogens with one attached hydrogen (secondary N) is 1. The van der Waals surface area contributed by atoms with Crippen LogP contribution in [0.5, 0.6) is 0 Å². The van der Waals surface area contributed by atoms with Crippen molar-refractivity contribution in [2.24, 2.45) is 11.1 Å². The number of urea groups is 1. The van der Waals surface area contributed by atoms with Gasteiger partial charge in [-0.1, -0.05) is 11.1 Å². The molecule has 1 rings (SSSR count). The Morgan fingerprint density at radius 3 is 2.29 bits per heavy atom. The summed E-state index contributed by atoms with van der Waals surface area (Å²) in [7, 11) is 0. The second-order valence-corrected chi connectivity index (χ2v) is 4.44. The molecule has 0 bridgehead atoms. The molecule has 0 aromatic rings. The largest absolute Gasteiger partial charge is 0.480 e. The SMILES string of the molecule is CC1=C(C)CC(C(=O)O)(C(=O)NC(N)=O)CC1. The van der Waals surface area contributed by atoms with Crippen molar-refractivity contribution in [3.05, 3.63) is 11.1 Å². The number of imide groups is 1. The van der Waals surface area contributed by atoms with Gasteiger partial charge in [0.05, 0.1) is 0 Å². The van der Waals surface area contributed by atoms with E-state index in [1.54, 1.807) is 6.92 Å². The van der Waals surface area contributed by atoms with Gasteiger partial charge < -0.3 is 10.8 Å². The van der Waals surface area contributed by atoms with E-state index in [9.17, 15) is 19.5 Å². The van der Waals surface area contributed by atoms with Crippen LogP contribution in [-0.2, 0) is 9.59 Å². The lowest BCUT2D eigenvalue weighted by Gasteiger charge is -2.32. The van der Waals surface area contributed by atoms with Crippen LogP contribution in [0.25, 0.3) is 0 Å². The third-order valence-corrected chi connectivity index (χ3v) is 3.30. The number of carbonyl (C=O) groups is 3. The predicted molar refractivity (Wildman–Crippen MR) is 60.0 cm³/mol. The van der Waals surface area contributed by atoms with Gasteiger partial charge in [-0.05, 0) is 33.1 Å². The lowest BCUT2D eigenvalue weighted by molar-refractivity contribution is -0.156. The summed E-state index contributed by atoms with van der Waals surface area (Å²) < 4.78 is 0. The van der Waals surface area contributed by atoms with Gasteiger partial charge in [-0.15, -0.1) is 0 Å². The molecule has 3 amide bonds. The Labute approximate surface area is 98.9 Å². The van der Waals surface area contributed by atoms with Gasteiger partial charge in [0.25, 0.3) is 0 Å². The fraction of sp³-hybridized carbons (Fsp3) is 0.545. The van der Waals surface area contributed by atoms with E-state index in [2.05, 4.69) is 0 Å². The first-order valence-electron chi connectivity index (χ1n) is 5.29. The van der Waals surface area contributed by atoms with E-state index in [4.69, 9.17) is 5.73 Å². The summed E-state index contributed by atoms with van der Waals surface area (Å²) in [5, 5.41) is 11.1. The zero-order valence-electron chi connectivity index (χ0n) is 9.87. The Balaban J connectivity index is 3.05. The van der Waals surface area contributed by atoms with Crippen LogP contribution in [0.4, 0.5) is 4.79 Å². The molecule has 1 unspecified atom stereocenters. The maximum absolute atomic E-state index is 11.8. The summed E-state index contributed by atoms with van der Waals surface area (Å²) in [4.78, 5) is 33.8. The Bertz CT molecular complexity index is 414. The number of hydrogen-bond acceptors (Lipinski definition) is 3. The average molecular weight is 240 g/mol. The molecule has 0 saturated heterocycles. The maximum atomic E-state index is 11.8. The zero-order chi connectivity index (χ0) is 13.2. The Hall–Kier alpha value is -1.85. The lowest BCUT2D eigenvalue weighted by Crippen LogP contribution is -2.51. The molecule has 4 N–H and O–H groups in total. The number of carboxylic acid groups (broad SMARTS) is 1. The highest BCUT2D eigenvalue weighted by Crippen LogP contribution is 2.39. The maximum Gasteiger partial charge on any atom is 0.319 e. The van der Waals surface area contributed by atoms with Crippen molar-refractivity contribution < 1.29 is 19.5 Å². The number of allylic oxidation sites excluding steroid dienone is 2. The normalized spacial score (nSPS) is 24.4. The van der Waals surface area contributed by atoms with E-state index < -0.39 is 23.3 Å². The van der Waals surface area contributed by atoms with Gasteiger partial charge in [-0.25, -0.2) is 4.79 Å². The predicted octanol–water partition coefficient (Wildman–Crippen LogP) is 0.773. The van der Waals surface area contributed by atoms with Crippen LogP contribution in [0, 0.1) is 5.41 Å². The molecule has 0 spiro atoms. The highest BCUT2D eigenvalue weighted by Gasteiger charge is 2.48. The van der Waals surface area contributed by atoms with Crippen LogP contribution < -0.4 is 11.1 Å². The van der Waals surface area contributed by atoms with E-state index in [1.807, 2.05) is 12.2 Å². The van der Waals surface area contributed by atoms with Gasteiger partial charge in [0, 0.05) is 0 Å². The highest BCUT2D eigenvalue weighted by atomic mass is 16.4. The van der Waals surface area contributed by atoms with Crippen molar-refractivity contribution in [2.75, 3.05) is 0 Å². The number of primary amides is 1. The molecule has 17 heavy (non-hydrogen) atoms. The van der Waals surface area contributed by atoms with Crippen molar-refractivity contribution in [1.82, 2.24) is 5.32 Å². The number of aliphatic carboxylic acids is 1. The summed E-state index contributed by atoms with van der Waals surface area (Å²) in [6.07, 6.45) is 0.836. The third kappa shape index (κ3) is 2.46. The molecule has 1 atom stereocenters. The zero-order valence-corrected chi connectivity index (χ0v) is 9.87. The summed E-state index contributed by atoms with van der Waals surface area (Å²) in [5.74, 6) is -2.05. The van der Waals surface area contributed by atoms with Gasteiger partial charge >= 0.3 is 12.0 Å². The van der Waals surface area contributed by atoms with Crippen molar-refractivity contribution >= 4 is 17.9 Å². The minimum Gasteiger partial charge on any atom is -0.480 e. The molecule has 1 aliphatic carbocycles. The first-order chi connectivity index (χ1) is 7.79. The van der Waals surface area contributed by atoms with Gasteiger partial charge in [-0.3, -0.25) is 14.9 Å². The molecule has 6 nitrogen and oxygen atoms in total. The standard InChI is InChI=1S/C11H16N2O4/c1-6-3-4-11(9(15)16,5-7(6)2)8(14)13-10(12)17/h3-5H2,1-2H3,(H,15,16)(H3,12,13,14,17). The van der Waals surface area contributed by atoms with Gasteiger partial charge in [0.2, 0.25) is 5.91 Å². The summed E-state index contributed by atoms with van der Waals surface area (Å²) in [5.41, 5.74) is 5.24. The van der Waals surface area contributed by atoms with E-state index in [0.29, 0.717) is 6.42 Å². The van der Waals surface area contributed by atoms with Crippen LogP contribution in [0.3, 0.4) is 0 Å². The van der Waals surface area contributed by atoms with Crippen molar-refractivity contribution in [2.45, 2.75) is 33.1 Å². The molecule has 0 aromatic carbocycles. The van der Waals surface area contributed by atoms with E-state index in [-0.39, 0.29) is 12.8 Å². The Morgan fingerprint density at radius 2 is 1.88 bits per heavy atom. The minimum absolute atomic E-state index is 0.118. The fourth-order valence-electron chi connectivity index (χ4n) is 2.01. The van der Waals surface area contributed by atoms with Crippen LogP contribution >= 0.6 is 0 Å². The molecule has 1 aliphatic rings. The summed E-state index contributed by atoms with van der Waals surface area (Å²) in [6, 6.07) is -1.03. The van der Waals surface area contributed by atoms with Gasteiger partial charge in [0.1, 0.15) is 0 Å². The smallest absolute Gasteiger partial charge is 0.319 e. The molecule has 0 radical (unpaired) electrons. The average Bonchev–Trinajstić information content (AvgIpc) is 2.20. The number of carbonyl (C=O) groups excluding carboxylic acids is 2. The van der Waals surface area contributed by atoms with Gasteiger partial charge in [0.15, 0.2) is 5.41 Å². The van der Waals surface area contributed by atoms with Crippen LogP contribution in [0.1, 0.15) is 33.1 Å². The highest BCUT2D eigenvalue weighted by molar-refractivity contribution is 6.07. The molecular weight excluding hydrogens is 224 g/mol. The van der Waals surface area contributed by atoms with Crippen molar-refractivity contribution in [1.29, 1.82) is 0 Å². The van der Waals surface area contributed by atoms with E-state index in [1.165, 1.54) is 0 Å². The molecule has 0 saturated carbocycles. The van der Waals surface area contributed by atoms with Crippen LogP contribution in [0.15, 0.2) is 11.1 Å². The first kappa shape index (κ1) is 13.2. The number of hydrogen-bond donors (Lipinski definition) is 3. The molecule has 0 aliphatic heterocycles. The monoisotopic (exact) mass is 240 g/mol. The number of rotatable bonds is 2. The van der Waals surface area contributed by atoms with E-state index >= 15 is 0 Å². The number of carboxylic acids is 1. The number of amides is 3. The van der Waals surface area contributed by atoms with Crippen LogP contribution in [0.2, 0.25) is 0 Å². The fourth-order valence-corrected chi connectivity index (χ4v) is 2.01. The second kappa shape index (κ2) is 4.57. The molecule has 0 heterocycles. The number of nitrogens with two attached hydrogens (primary N) is 1. The van der Waals surface area contributed by atoms with Gasteiger partial charge in [-0.2, -0.15) is 0 Å². The van der Waals surface area contributed by atoms with E-state index in [0.717, 1.165) is 11.1 Å². The molecule has 94 valence electrons. The molecular formula is C11H16N2O4. The Kier molecular flexibility index (Phi) is 3.55. The first-order valence-corrected chi connectivity index (χ1v) is 5.29. The quantitative estimate of drug-likeness (QED) is 0.489.